The molecule has 1 aliphatic heterocycles. The molecule has 1 saturated heterocycles. The number of hydrogen-bond donors (Lipinski definition) is 2. The number of nitrogens with one attached hydrogen (secondary N) is 2. The third-order valence-corrected chi connectivity index (χ3v) is 7.31. The first kappa shape index (κ1) is 22.1. The number of aryl methyl sites for hydroxylation is 1. The Labute approximate surface area is 186 Å². The fraction of sp³-hybridized carbons (Fsp3) is 0.680. The lowest BCUT2D eigenvalue weighted by Gasteiger charge is -2.33. The summed E-state index contributed by atoms with van der Waals surface area (Å²) in [6.07, 6.45) is 7.58. The van der Waals surface area contributed by atoms with Crippen molar-refractivity contribution in [3.05, 3.63) is 35.4 Å². The Balaban J connectivity index is 1.41. The maximum Gasteiger partial charge on any atom is 0.243 e. The highest BCUT2D eigenvalue weighted by atomic mass is 16.5. The second kappa shape index (κ2) is 10.0. The van der Waals surface area contributed by atoms with Gasteiger partial charge in [0.2, 0.25) is 5.91 Å². The van der Waals surface area contributed by atoms with Gasteiger partial charge in [-0.25, -0.2) is 4.99 Å². The quantitative estimate of drug-likeness (QED) is 0.541. The van der Waals surface area contributed by atoms with Crippen molar-refractivity contribution in [1.82, 2.24) is 15.5 Å². The molecule has 2 saturated carbocycles. The van der Waals surface area contributed by atoms with Crippen molar-refractivity contribution in [3.63, 3.8) is 0 Å². The van der Waals surface area contributed by atoms with Crippen LogP contribution < -0.4 is 10.6 Å². The number of carbonyl (C=O) groups is 1. The minimum absolute atomic E-state index is 0.0209. The van der Waals surface area contributed by atoms with E-state index in [1.807, 2.05) is 0 Å². The second-order valence-electron chi connectivity index (χ2n) is 9.86. The molecular formula is C25H38N4O2. The molecule has 0 aromatic heterocycles. The Hall–Kier alpha value is -2.08. The summed E-state index contributed by atoms with van der Waals surface area (Å²) in [5, 5.41) is 7.24. The lowest BCUT2D eigenvalue weighted by atomic mass is 9.89. The molecule has 3 fully saturated rings. The molecule has 3 aliphatic rings. The molecule has 0 spiro atoms. The standard InChI is InChI=1S/C25H38N4O2/c1-17-6-9-19(10-7-17)24-21(5-4-12-31-24)15-26-25(27-16-23(30)29(2)3)28-22-14-18-8-11-20(22)13-18/h6-7,9-10,18,20-22,24H,4-5,8,11-16H2,1-3H3,(H2,26,27,28). The van der Waals surface area contributed by atoms with E-state index in [1.165, 1.54) is 36.8 Å². The summed E-state index contributed by atoms with van der Waals surface area (Å²) >= 11 is 0. The molecule has 5 unspecified atom stereocenters. The highest BCUT2D eigenvalue weighted by Gasteiger charge is 2.40. The van der Waals surface area contributed by atoms with Crippen molar-refractivity contribution in [2.45, 2.75) is 57.6 Å². The summed E-state index contributed by atoms with van der Waals surface area (Å²) in [7, 11) is 3.56. The summed E-state index contributed by atoms with van der Waals surface area (Å²) < 4.78 is 6.19. The van der Waals surface area contributed by atoms with Crippen LogP contribution in [-0.2, 0) is 9.53 Å². The van der Waals surface area contributed by atoms with Crippen LogP contribution in [0.25, 0.3) is 0 Å². The van der Waals surface area contributed by atoms with Gasteiger partial charge in [0.15, 0.2) is 5.96 Å². The van der Waals surface area contributed by atoms with Crippen LogP contribution >= 0.6 is 0 Å². The van der Waals surface area contributed by atoms with E-state index in [2.05, 4.69) is 46.8 Å². The molecule has 4 rings (SSSR count). The summed E-state index contributed by atoms with van der Waals surface area (Å²) in [4.78, 5) is 18.4. The SMILES string of the molecule is Cc1ccc(C2OCCCC2CNC(=NCC(=O)N(C)C)NC2CC3CCC2C3)cc1. The normalized spacial score (nSPS) is 30.3. The lowest BCUT2D eigenvalue weighted by molar-refractivity contribution is -0.127. The summed E-state index contributed by atoms with van der Waals surface area (Å²) in [6.45, 7) is 3.90. The average molecular weight is 427 g/mol. The molecule has 1 heterocycles. The van der Waals surface area contributed by atoms with Crippen LogP contribution in [0.5, 0.6) is 0 Å². The van der Waals surface area contributed by atoms with Gasteiger partial charge in [-0.1, -0.05) is 36.2 Å². The third kappa shape index (κ3) is 5.59. The molecule has 1 aromatic rings. The first-order chi connectivity index (χ1) is 15.0. The Morgan fingerprint density at radius 2 is 1.97 bits per heavy atom. The van der Waals surface area contributed by atoms with Gasteiger partial charge in [-0.2, -0.15) is 0 Å². The minimum Gasteiger partial charge on any atom is -0.373 e. The van der Waals surface area contributed by atoms with E-state index in [4.69, 9.17) is 4.74 Å². The molecule has 6 heteroatoms. The lowest BCUT2D eigenvalue weighted by Crippen LogP contribution is -2.48. The van der Waals surface area contributed by atoms with Gasteiger partial charge in [0.05, 0.1) is 6.10 Å². The topological polar surface area (TPSA) is 66.0 Å². The van der Waals surface area contributed by atoms with Gasteiger partial charge in [0, 0.05) is 39.2 Å². The van der Waals surface area contributed by atoms with E-state index < -0.39 is 0 Å². The number of hydrogen-bond acceptors (Lipinski definition) is 3. The number of rotatable bonds is 6. The second-order valence-corrected chi connectivity index (χ2v) is 9.86. The predicted molar refractivity (Wildman–Crippen MR) is 124 cm³/mol. The summed E-state index contributed by atoms with van der Waals surface area (Å²) in [6, 6.07) is 9.19. The number of guanidine groups is 1. The van der Waals surface area contributed by atoms with E-state index >= 15 is 0 Å². The van der Waals surface area contributed by atoms with Gasteiger partial charge in [0.25, 0.3) is 0 Å². The van der Waals surface area contributed by atoms with Crippen LogP contribution in [0.2, 0.25) is 0 Å². The molecule has 31 heavy (non-hydrogen) atoms. The maximum absolute atomic E-state index is 12.1. The Kier molecular flexibility index (Phi) is 7.16. The summed E-state index contributed by atoms with van der Waals surface area (Å²) in [5.74, 6) is 2.80. The molecule has 2 N–H and O–H groups in total. The van der Waals surface area contributed by atoms with Crippen LogP contribution in [0.1, 0.15) is 55.8 Å². The van der Waals surface area contributed by atoms with E-state index in [0.717, 1.165) is 43.8 Å². The number of ether oxygens (including phenoxy) is 1. The van der Waals surface area contributed by atoms with Crippen LogP contribution in [-0.4, -0.2) is 56.6 Å². The first-order valence-corrected chi connectivity index (χ1v) is 11.9. The molecule has 1 aromatic carbocycles. The highest BCUT2D eigenvalue weighted by Crippen LogP contribution is 2.44. The number of amides is 1. The minimum atomic E-state index is 0.0209. The van der Waals surface area contributed by atoms with Crippen LogP contribution in [0.4, 0.5) is 0 Å². The first-order valence-electron chi connectivity index (χ1n) is 11.9. The largest absolute Gasteiger partial charge is 0.373 e. The molecule has 5 atom stereocenters. The van der Waals surface area contributed by atoms with Crippen molar-refractivity contribution >= 4 is 11.9 Å². The van der Waals surface area contributed by atoms with Crippen molar-refractivity contribution < 1.29 is 9.53 Å². The van der Waals surface area contributed by atoms with E-state index in [0.29, 0.717) is 12.0 Å². The smallest absolute Gasteiger partial charge is 0.243 e. The van der Waals surface area contributed by atoms with Gasteiger partial charge < -0.3 is 20.3 Å². The van der Waals surface area contributed by atoms with Gasteiger partial charge in [-0.05, 0) is 56.4 Å². The van der Waals surface area contributed by atoms with Gasteiger partial charge in [0.1, 0.15) is 6.54 Å². The Bertz CT molecular complexity index is 776. The van der Waals surface area contributed by atoms with Gasteiger partial charge >= 0.3 is 0 Å². The number of likely N-dealkylation sites (N-methyl/N-ethyl adjacent to an activating group) is 1. The van der Waals surface area contributed by atoms with E-state index in [9.17, 15) is 4.79 Å². The van der Waals surface area contributed by atoms with Crippen molar-refractivity contribution in [1.29, 1.82) is 0 Å². The number of nitrogens with zero attached hydrogens (tertiary/aromatic N) is 2. The molecule has 1 amide bonds. The zero-order valence-electron chi connectivity index (χ0n) is 19.3. The van der Waals surface area contributed by atoms with Gasteiger partial charge in [-0.15, -0.1) is 0 Å². The van der Waals surface area contributed by atoms with Crippen LogP contribution in [0.3, 0.4) is 0 Å². The Morgan fingerprint density at radius 1 is 1.16 bits per heavy atom. The van der Waals surface area contributed by atoms with Crippen molar-refractivity contribution in [3.8, 4) is 0 Å². The van der Waals surface area contributed by atoms with Crippen LogP contribution in [0.15, 0.2) is 29.3 Å². The molecular weight excluding hydrogens is 388 g/mol. The molecule has 170 valence electrons. The van der Waals surface area contributed by atoms with Crippen molar-refractivity contribution in [2.24, 2.45) is 22.7 Å². The molecule has 2 bridgehead atoms. The van der Waals surface area contributed by atoms with Gasteiger partial charge in [-0.3, -0.25) is 4.79 Å². The maximum atomic E-state index is 12.1. The van der Waals surface area contributed by atoms with Crippen LogP contribution in [0, 0.1) is 24.7 Å². The fourth-order valence-corrected chi connectivity index (χ4v) is 5.44. The highest BCUT2D eigenvalue weighted by molar-refractivity contribution is 5.85. The predicted octanol–water partition coefficient (Wildman–Crippen LogP) is 3.27. The third-order valence-electron chi connectivity index (χ3n) is 7.31. The molecule has 2 aliphatic carbocycles. The number of fused-ring (bicyclic) bond motifs is 2. The fourth-order valence-electron chi connectivity index (χ4n) is 5.44. The number of aliphatic imine (C=N–C) groups is 1. The zero-order valence-corrected chi connectivity index (χ0v) is 19.3. The Morgan fingerprint density at radius 3 is 2.65 bits per heavy atom. The molecule has 6 nitrogen and oxygen atoms in total. The van der Waals surface area contributed by atoms with Crippen molar-refractivity contribution in [2.75, 3.05) is 33.8 Å². The monoisotopic (exact) mass is 426 g/mol. The van der Waals surface area contributed by atoms with E-state index in [-0.39, 0.29) is 18.6 Å². The average Bonchev–Trinajstić information content (AvgIpc) is 3.39. The number of benzene rings is 1. The van der Waals surface area contributed by atoms with E-state index in [1.54, 1.807) is 19.0 Å². The summed E-state index contributed by atoms with van der Waals surface area (Å²) in [5.41, 5.74) is 2.52. The number of carbonyl (C=O) groups excluding carboxylic acids is 1. The molecule has 0 radical (unpaired) electrons. The zero-order chi connectivity index (χ0) is 21.8.